The maximum Gasteiger partial charge on any atom is 0.303 e. The maximum atomic E-state index is 12.4. The summed E-state index contributed by atoms with van der Waals surface area (Å²) in [7, 11) is 0. The van der Waals surface area contributed by atoms with Gasteiger partial charge in [0.1, 0.15) is 5.84 Å². The first-order chi connectivity index (χ1) is 12.4. The SMILES string of the molecule is N=C(N)c1ccc(C(=O)Nc2ccc3c(c2)NCC(CC(=O)O)C3)cc1. The van der Waals surface area contributed by atoms with Gasteiger partial charge in [0, 0.05) is 29.0 Å². The first-order valence-electron chi connectivity index (χ1n) is 8.27. The van der Waals surface area contributed by atoms with Crippen molar-refractivity contribution in [2.24, 2.45) is 11.7 Å². The molecule has 0 fully saturated rings. The average molecular weight is 352 g/mol. The molecule has 0 saturated carbocycles. The molecule has 0 radical (unpaired) electrons. The van der Waals surface area contributed by atoms with Crippen molar-refractivity contribution in [1.29, 1.82) is 5.41 Å². The van der Waals surface area contributed by atoms with Crippen molar-refractivity contribution in [1.82, 2.24) is 0 Å². The van der Waals surface area contributed by atoms with Crippen LogP contribution in [-0.4, -0.2) is 29.4 Å². The molecule has 1 aliphatic rings. The fourth-order valence-electron chi connectivity index (χ4n) is 3.03. The highest BCUT2D eigenvalue weighted by Crippen LogP contribution is 2.29. The fraction of sp³-hybridized carbons (Fsp3) is 0.211. The van der Waals surface area contributed by atoms with Crippen LogP contribution in [-0.2, 0) is 11.2 Å². The topological polar surface area (TPSA) is 128 Å². The zero-order chi connectivity index (χ0) is 18.7. The number of carboxylic acids is 1. The van der Waals surface area contributed by atoms with Gasteiger partial charge in [-0.1, -0.05) is 18.2 Å². The van der Waals surface area contributed by atoms with E-state index in [1.54, 1.807) is 24.3 Å². The standard InChI is InChI=1S/C19H20N4O3/c20-18(21)12-1-3-13(4-2-12)19(26)23-15-6-5-14-7-11(8-17(24)25)10-22-16(14)9-15/h1-6,9,11,22H,7-8,10H2,(H3,20,21)(H,23,26)(H,24,25). The number of fused-ring (bicyclic) bond motifs is 1. The minimum Gasteiger partial charge on any atom is -0.481 e. The Hall–Kier alpha value is -3.35. The summed E-state index contributed by atoms with van der Waals surface area (Å²) in [5.74, 6) is -1.02. The molecule has 2 aromatic rings. The number of aliphatic carboxylic acids is 1. The molecule has 134 valence electrons. The first-order valence-corrected chi connectivity index (χ1v) is 8.27. The molecule has 3 rings (SSSR count). The van der Waals surface area contributed by atoms with E-state index >= 15 is 0 Å². The van der Waals surface area contributed by atoms with Gasteiger partial charge in [0.25, 0.3) is 5.91 Å². The highest BCUT2D eigenvalue weighted by Gasteiger charge is 2.21. The monoisotopic (exact) mass is 352 g/mol. The lowest BCUT2D eigenvalue weighted by Crippen LogP contribution is -2.25. The molecular formula is C19H20N4O3. The van der Waals surface area contributed by atoms with Crippen LogP contribution in [0.3, 0.4) is 0 Å². The van der Waals surface area contributed by atoms with E-state index in [-0.39, 0.29) is 24.1 Å². The van der Waals surface area contributed by atoms with Gasteiger partial charge in [0.15, 0.2) is 0 Å². The molecule has 0 aromatic heterocycles. The number of hydrogen-bond acceptors (Lipinski definition) is 4. The fourth-order valence-corrected chi connectivity index (χ4v) is 3.03. The van der Waals surface area contributed by atoms with E-state index in [4.69, 9.17) is 16.2 Å². The molecule has 0 saturated heterocycles. The Labute approximate surface area is 150 Å². The van der Waals surface area contributed by atoms with E-state index in [1.807, 2.05) is 18.2 Å². The Morgan fingerprint density at radius 2 is 1.88 bits per heavy atom. The molecule has 7 nitrogen and oxygen atoms in total. The van der Waals surface area contributed by atoms with Gasteiger partial charge in [-0.25, -0.2) is 0 Å². The summed E-state index contributed by atoms with van der Waals surface area (Å²) >= 11 is 0. The molecule has 6 N–H and O–H groups in total. The number of anilines is 2. The third-order valence-electron chi connectivity index (χ3n) is 4.38. The Balaban J connectivity index is 1.68. The Morgan fingerprint density at radius 3 is 2.54 bits per heavy atom. The van der Waals surface area contributed by atoms with Gasteiger partial charge in [-0.15, -0.1) is 0 Å². The van der Waals surface area contributed by atoms with Crippen molar-refractivity contribution in [2.75, 3.05) is 17.2 Å². The third kappa shape index (κ3) is 4.00. The Kier molecular flexibility index (Phi) is 4.88. The molecule has 1 amide bonds. The predicted molar refractivity (Wildman–Crippen MR) is 99.8 cm³/mol. The average Bonchev–Trinajstić information content (AvgIpc) is 2.61. The summed E-state index contributed by atoms with van der Waals surface area (Å²) in [6.45, 7) is 0.600. The zero-order valence-corrected chi connectivity index (χ0v) is 14.1. The molecular weight excluding hydrogens is 332 g/mol. The molecule has 0 bridgehead atoms. The summed E-state index contributed by atoms with van der Waals surface area (Å²) in [5, 5.41) is 22.4. The van der Waals surface area contributed by atoms with Crippen LogP contribution in [0, 0.1) is 11.3 Å². The number of carboxylic acid groups (broad SMARTS) is 1. The number of benzene rings is 2. The van der Waals surface area contributed by atoms with Crippen LogP contribution in [0.1, 0.15) is 27.9 Å². The van der Waals surface area contributed by atoms with Gasteiger partial charge in [0.05, 0.1) is 6.42 Å². The second-order valence-corrected chi connectivity index (χ2v) is 6.37. The van der Waals surface area contributed by atoms with Crippen LogP contribution >= 0.6 is 0 Å². The van der Waals surface area contributed by atoms with E-state index in [1.165, 1.54) is 0 Å². The van der Waals surface area contributed by atoms with Crippen LogP contribution < -0.4 is 16.4 Å². The minimum atomic E-state index is -0.792. The van der Waals surface area contributed by atoms with Crippen molar-refractivity contribution in [3.05, 3.63) is 59.2 Å². The Bertz CT molecular complexity index is 862. The van der Waals surface area contributed by atoms with E-state index in [9.17, 15) is 9.59 Å². The number of nitrogens with two attached hydrogens (primary N) is 1. The van der Waals surface area contributed by atoms with E-state index in [0.717, 1.165) is 11.3 Å². The molecule has 0 aliphatic carbocycles. The molecule has 26 heavy (non-hydrogen) atoms. The van der Waals surface area contributed by atoms with Gasteiger partial charge in [-0.2, -0.15) is 0 Å². The second kappa shape index (κ2) is 7.26. The second-order valence-electron chi connectivity index (χ2n) is 6.37. The number of amidine groups is 1. The predicted octanol–water partition coefficient (Wildman–Crippen LogP) is 2.28. The lowest BCUT2D eigenvalue weighted by atomic mass is 9.91. The largest absolute Gasteiger partial charge is 0.481 e. The minimum absolute atomic E-state index is 0.0427. The van der Waals surface area contributed by atoms with Crippen molar-refractivity contribution < 1.29 is 14.7 Å². The van der Waals surface area contributed by atoms with Gasteiger partial charge in [-0.05, 0) is 42.2 Å². The number of carbonyl (C=O) groups is 2. The summed E-state index contributed by atoms with van der Waals surface area (Å²) in [6, 6.07) is 12.1. The molecule has 1 heterocycles. The molecule has 7 heteroatoms. The maximum absolute atomic E-state index is 12.4. The number of nitrogen functional groups attached to an aromatic ring is 1. The normalized spacial score (nSPS) is 15.5. The molecule has 2 aromatic carbocycles. The van der Waals surface area contributed by atoms with Crippen LogP contribution in [0.4, 0.5) is 11.4 Å². The number of hydrogen-bond donors (Lipinski definition) is 5. The van der Waals surface area contributed by atoms with Gasteiger partial charge in [0.2, 0.25) is 0 Å². The number of nitrogens with one attached hydrogen (secondary N) is 3. The van der Waals surface area contributed by atoms with Gasteiger partial charge < -0.3 is 21.5 Å². The molecule has 1 aliphatic heterocycles. The van der Waals surface area contributed by atoms with E-state index < -0.39 is 5.97 Å². The smallest absolute Gasteiger partial charge is 0.303 e. The van der Waals surface area contributed by atoms with Crippen molar-refractivity contribution in [3.8, 4) is 0 Å². The Morgan fingerprint density at radius 1 is 1.19 bits per heavy atom. The van der Waals surface area contributed by atoms with Crippen LogP contribution in [0.5, 0.6) is 0 Å². The molecule has 1 atom stereocenters. The van der Waals surface area contributed by atoms with E-state index in [2.05, 4.69) is 10.6 Å². The van der Waals surface area contributed by atoms with Gasteiger partial charge >= 0.3 is 5.97 Å². The third-order valence-corrected chi connectivity index (χ3v) is 4.38. The number of rotatable bonds is 5. The van der Waals surface area contributed by atoms with Crippen molar-refractivity contribution >= 4 is 29.1 Å². The summed E-state index contributed by atoms with van der Waals surface area (Å²) in [4.78, 5) is 23.2. The van der Waals surface area contributed by atoms with Crippen LogP contribution in [0.15, 0.2) is 42.5 Å². The highest BCUT2D eigenvalue weighted by atomic mass is 16.4. The summed E-state index contributed by atoms with van der Waals surface area (Å²) in [5.41, 5.74) is 9.07. The zero-order valence-electron chi connectivity index (χ0n) is 14.1. The number of carbonyl (C=O) groups excluding carboxylic acids is 1. The summed E-state index contributed by atoms with van der Waals surface area (Å²) in [6.07, 6.45) is 0.844. The van der Waals surface area contributed by atoms with E-state index in [0.29, 0.717) is 29.8 Å². The molecule has 0 spiro atoms. The first kappa shape index (κ1) is 17.5. The molecule has 1 unspecified atom stereocenters. The highest BCUT2D eigenvalue weighted by molar-refractivity contribution is 6.05. The number of amides is 1. The van der Waals surface area contributed by atoms with Crippen LogP contribution in [0.2, 0.25) is 0 Å². The lowest BCUT2D eigenvalue weighted by molar-refractivity contribution is -0.138. The van der Waals surface area contributed by atoms with Crippen molar-refractivity contribution in [3.63, 3.8) is 0 Å². The quantitative estimate of drug-likeness (QED) is 0.416. The van der Waals surface area contributed by atoms with Crippen molar-refractivity contribution in [2.45, 2.75) is 12.8 Å². The van der Waals surface area contributed by atoms with Crippen LogP contribution in [0.25, 0.3) is 0 Å². The summed E-state index contributed by atoms with van der Waals surface area (Å²) < 4.78 is 0. The van der Waals surface area contributed by atoms with Gasteiger partial charge in [-0.3, -0.25) is 15.0 Å². The lowest BCUT2D eigenvalue weighted by Gasteiger charge is -2.25.